The molecule has 21 heavy (non-hydrogen) atoms. The zero-order valence-electron chi connectivity index (χ0n) is 13.0. The van der Waals surface area contributed by atoms with Crippen LogP contribution in [0.25, 0.3) is 0 Å². The first kappa shape index (κ1) is 20.2. The molecule has 0 aliphatic carbocycles. The van der Waals surface area contributed by atoms with Crippen molar-refractivity contribution in [1.29, 1.82) is 0 Å². The summed E-state index contributed by atoms with van der Waals surface area (Å²) in [6, 6.07) is 0. The number of ether oxygens (including phenoxy) is 2. The monoisotopic (exact) mass is 313 g/mol. The molecule has 0 heterocycles. The smallest absolute Gasteiger partial charge is 0.389 e. The Hall–Kier alpha value is -0.820. The van der Waals surface area contributed by atoms with Gasteiger partial charge in [0.2, 0.25) is 0 Å². The van der Waals surface area contributed by atoms with Gasteiger partial charge in [0.05, 0.1) is 6.61 Å². The van der Waals surface area contributed by atoms with Gasteiger partial charge in [0.15, 0.2) is 0 Å². The second-order valence-electron chi connectivity index (χ2n) is 5.06. The summed E-state index contributed by atoms with van der Waals surface area (Å²) in [5, 5.41) is 3.11. The molecule has 0 saturated carbocycles. The molecule has 1 unspecified atom stereocenters. The molecule has 0 aromatic carbocycles. The van der Waals surface area contributed by atoms with Crippen molar-refractivity contribution in [2.75, 3.05) is 26.4 Å². The van der Waals surface area contributed by atoms with Crippen molar-refractivity contribution in [3.8, 4) is 0 Å². The SMILES string of the molecule is CCCNC(C)(CCOCCCC(F)(F)F)C(=O)OCC. The molecule has 7 heteroatoms. The van der Waals surface area contributed by atoms with Crippen LogP contribution >= 0.6 is 0 Å². The van der Waals surface area contributed by atoms with E-state index in [1.165, 1.54) is 0 Å². The minimum atomic E-state index is -4.15. The number of carbonyl (C=O) groups is 1. The first-order valence-corrected chi connectivity index (χ1v) is 7.32. The van der Waals surface area contributed by atoms with E-state index in [9.17, 15) is 18.0 Å². The Morgan fingerprint density at radius 3 is 2.33 bits per heavy atom. The third-order valence-electron chi connectivity index (χ3n) is 2.99. The quantitative estimate of drug-likeness (QED) is 0.470. The summed E-state index contributed by atoms with van der Waals surface area (Å²) in [4.78, 5) is 11.9. The summed E-state index contributed by atoms with van der Waals surface area (Å²) < 4.78 is 46.1. The van der Waals surface area contributed by atoms with Crippen LogP contribution < -0.4 is 5.32 Å². The van der Waals surface area contributed by atoms with Gasteiger partial charge in [-0.1, -0.05) is 6.92 Å². The first-order valence-electron chi connectivity index (χ1n) is 7.32. The van der Waals surface area contributed by atoms with E-state index in [2.05, 4.69) is 5.32 Å². The molecule has 126 valence electrons. The zero-order chi connectivity index (χ0) is 16.4. The van der Waals surface area contributed by atoms with Crippen molar-refractivity contribution < 1.29 is 27.4 Å². The summed E-state index contributed by atoms with van der Waals surface area (Å²) in [5.74, 6) is -0.364. The summed E-state index contributed by atoms with van der Waals surface area (Å²) in [6.45, 7) is 6.62. The van der Waals surface area contributed by atoms with Gasteiger partial charge in [-0.2, -0.15) is 13.2 Å². The van der Waals surface area contributed by atoms with Gasteiger partial charge in [-0.25, -0.2) is 0 Å². The molecule has 4 nitrogen and oxygen atoms in total. The Balaban J connectivity index is 4.09. The van der Waals surface area contributed by atoms with Crippen molar-refractivity contribution in [3.05, 3.63) is 0 Å². The highest BCUT2D eigenvalue weighted by atomic mass is 19.4. The van der Waals surface area contributed by atoms with Crippen LogP contribution in [-0.2, 0) is 14.3 Å². The topological polar surface area (TPSA) is 47.6 Å². The van der Waals surface area contributed by atoms with E-state index in [1.807, 2.05) is 6.92 Å². The van der Waals surface area contributed by atoms with Crippen LogP contribution in [0.15, 0.2) is 0 Å². The van der Waals surface area contributed by atoms with Crippen LogP contribution in [0, 0.1) is 0 Å². The molecule has 0 aromatic rings. The number of esters is 1. The summed E-state index contributed by atoms with van der Waals surface area (Å²) in [6.07, 6.45) is -3.84. The number of carbonyl (C=O) groups excluding carboxylic acids is 1. The first-order chi connectivity index (χ1) is 9.75. The third kappa shape index (κ3) is 9.68. The molecule has 0 amide bonds. The number of hydrogen-bond donors (Lipinski definition) is 1. The van der Waals surface area contributed by atoms with Gasteiger partial charge in [-0.15, -0.1) is 0 Å². The van der Waals surface area contributed by atoms with E-state index in [1.54, 1.807) is 13.8 Å². The zero-order valence-corrected chi connectivity index (χ0v) is 13.0. The molecular weight excluding hydrogens is 287 g/mol. The fourth-order valence-electron chi connectivity index (χ4n) is 1.71. The van der Waals surface area contributed by atoms with E-state index in [0.29, 0.717) is 13.0 Å². The van der Waals surface area contributed by atoms with Gasteiger partial charge in [0.1, 0.15) is 5.54 Å². The number of nitrogens with one attached hydrogen (secondary N) is 1. The Kier molecular flexibility index (Phi) is 9.61. The third-order valence-corrected chi connectivity index (χ3v) is 2.99. The average Bonchev–Trinajstić information content (AvgIpc) is 2.39. The van der Waals surface area contributed by atoms with Crippen LogP contribution in [0.3, 0.4) is 0 Å². The Bertz CT molecular complexity index is 298. The molecule has 1 N–H and O–H groups in total. The number of hydrogen-bond acceptors (Lipinski definition) is 4. The van der Waals surface area contributed by atoms with E-state index in [4.69, 9.17) is 9.47 Å². The summed E-state index contributed by atoms with van der Waals surface area (Å²) in [5.41, 5.74) is -0.865. The van der Waals surface area contributed by atoms with Crippen molar-refractivity contribution in [2.45, 2.75) is 58.2 Å². The molecule has 0 spiro atoms. The van der Waals surface area contributed by atoms with Crippen LogP contribution in [-0.4, -0.2) is 44.0 Å². The molecule has 0 aliphatic heterocycles. The van der Waals surface area contributed by atoms with E-state index in [-0.39, 0.29) is 32.2 Å². The van der Waals surface area contributed by atoms with Crippen LogP contribution in [0.2, 0.25) is 0 Å². The Morgan fingerprint density at radius 2 is 1.81 bits per heavy atom. The van der Waals surface area contributed by atoms with Gasteiger partial charge in [-0.05, 0) is 39.7 Å². The lowest BCUT2D eigenvalue weighted by molar-refractivity contribution is -0.151. The molecule has 1 atom stereocenters. The fraction of sp³-hybridized carbons (Fsp3) is 0.929. The number of halogens is 3. The van der Waals surface area contributed by atoms with Crippen molar-refractivity contribution in [3.63, 3.8) is 0 Å². The molecule has 0 saturated heterocycles. The highest BCUT2D eigenvalue weighted by molar-refractivity contribution is 5.80. The lowest BCUT2D eigenvalue weighted by Gasteiger charge is -2.28. The molecule has 0 bridgehead atoms. The van der Waals surface area contributed by atoms with Crippen LogP contribution in [0.4, 0.5) is 13.2 Å². The van der Waals surface area contributed by atoms with Gasteiger partial charge >= 0.3 is 12.1 Å². The van der Waals surface area contributed by atoms with E-state index < -0.39 is 18.1 Å². The molecule has 0 aliphatic rings. The number of alkyl halides is 3. The highest BCUT2D eigenvalue weighted by Gasteiger charge is 2.33. The summed E-state index contributed by atoms with van der Waals surface area (Å²) in [7, 11) is 0. The van der Waals surface area contributed by atoms with Gasteiger partial charge in [-0.3, -0.25) is 4.79 Å². The second-order valence-corrected chi connectivity index (χ2v) is 5.06. The largest absolute Gasteiger partial charge is 0.465 e. The second kappa shape index (κ2) is 10.00. The molecular formula is C14H26F3NO3. The molecule has 0 aromatic heterocycles. The van der Waals surface area contributed by atoms with Gasteiger partial charge < -0.3 is 14.8 Å². The van der Waals surface area contributed by atoms with Crippen molar-refractivity contribution in [2.24, 2.45) is 0 Å². The van der Waals surface area contributed by atoms with Crippen molar-refractivity contribution >= 4 is 5.97 Å². The summed E-state index contributed by atoms with van der Waals surface area (Å²) >= 11 is 0. The minimum Gasteiger partial charge on any atom is -0.465 e. The van der Waals surface area contributed by atoms with Crippen LogP contribution in [0.1, 0.15) is 46.5 Å². The molecule has 0 rings (SSSR count). The molecule has 0 radical (unpaired) electrons. The van der Waals surface area contributed by atoms with E-state index in [0.717, 1.165) is 6.42 Å². The Morgan fingerprint density at radius 1 is 1.14 bits per heavy atom. The highest BCUT2D eigenvalue weighted by Crippen LogP contribution is 2.21. The Labute approximate surface area is 124 Å². The lowest BCUT2D eigenvalue weighted by atomic mass is 9.98. The maximum Gasteiger partial charge on any atom is 0.389 e. The normalized spacial score (nSPS) is 14.8. The molecule has 0 fully saturated rings. The predicted molar refractivity (Wildman–Crippen MR) is 74.1 cm³/mol. The average molecular weight is 313 g/mol. The van der Waals surface area contributed by atoms with Gasteiger partial charge in [0.25, 0.3) is 0 Å². The van der Waals surface area contributed by atoms with Gasteiger partial charge in [0, 0.05) is 19.6 Å². The van der Waals surface area contributed by atoms with Crippen molar-refractivity contribution in [1.82, 2.24) is 5.32 Å². The minimum absolute atomic E-state index is 0.0339. The van der Waals surface area contributed by atoms with E-state index >= 15 is 0 Å². The fourth-order valence-corrected chi connectivity index (χ4v) is 1.71. The standard InChI is InChI=1S/C14H26F3NO3/c1-4-9-18-13(3,12(19)21-5-2)8-11-20-10-6-7-14(15,16)17/h18H,4-11H2,1-3H3. The maximum absolute atomic E-state index is 12.0. The van der Waals surface area contributed by atoms with Crippen LogP contribution in [0.5, 0.6) is 0 Å². The number of rotatable bonds is 11. The lowest BCUT2D eigenvalue weighted by Crippen LogP contribution is -2.51. The predicted octanol–water partition coefficient (Wildman–Crippen LogP) is 3.06. The maximum atomic E-state index is 12.0.